The molecule has 4 heteroatoms. The molecule has 0 saturated heterocycles. The number of aliphatic hydroxyl groups is 4. The molecule has 0 heterocycles. The van der Waals surface area contributed by atoms with Crippen molar-refractivity contribution in [1.82, 2.24) is 0 Å². The van der Waals surface area contributed by atoms with Crippen LogP contribution in [0.1, 0.15) is 19.3 Å². The Bertz CT molecular complexity index is 65.8. The summed E-state index contributed by atoms with van der Waals surface area (Å²) < 4.78 is 0. The van der Waals surface area contributed by atoms with Crippen molar-refractivity contribution >= 4 is 0 Å². The van der Waals surface area contributed by atoms with Crippen molar-refractivity contribution < 1.29 is 20.4 Å². The van der Waals surface area contributed by atoms with E-state index in [0.717, 1.165) is 0 Å². The zero-order chi connectivity index (χ0) is 7.33. The summed E-state index contributed by atoms with van der Waals surface area (Å²) >= 11 is 0. The van der Waals surface area contributed by atoms with E-state index in [-0.39, 0.29) is 13.0 Å². The van der Waals surface area contributed by atoms with Crippen LogP contribution in [0.4, 0.5) is 0 Å². The minimum Gasteiger partial charge on any atom is -0.396 e. The van der Waals surface area contributed by atoms with Crippen LogP contribution in [0, 0.1) is 0 Å². The first-order valence-electron chi connectivity index (χ1n) is 2.84. The van der Waals surface area contributed by atoms with Crippen LogP contribution in [0.2, 0.25) is 0 Å². The van der Waals surface area contributed by atoms with Gasteiger partial charge in [-0.1, -0.05) is 0 Å². The average Bonchev–Trinajstić information content (AvgIpc) is 1.63. The predicted molar refractivity (Wildman–Crippen MR) is 30.3 cm³/mol. The Kier molecular flexibility index (Phi) is 3.72. The lowest BCUT2D eigenvalue weighted by atomic mass is 10.2. The van der Waals surface area contributed by atoms with Crippen molar-refractivity contribution in [3.8, 4) is 0 Å². The largest absolute Gasteiger partial charge is 0.396 e. The molecule has 0 rings (SSSR count). The molecule has 0 aromatic rings. The summed E-state index contributed by atoms with van der Waals surface area (Å²) in [4.78, 5) is 0. The lowest BCUT2D eigenvalue weighted by molar-refractivity contribution is -0.315. The number of rotatable bonds is 4. The fourth-order valence-corrected chi connectivity index (χ4v) is 0.474. The van der Waals surface area contributed by atoms with Gasteiger partial charge in [-0.3, -0.25) is 0 Å². The third-order valence-corrected chi connectivity index (χ3v) is 0.920. The molecule has 0 aliphatic carbocycles. The van der Waals surface area contributed by atoms with Gasteiger partial charge in [0.15, 0.2) is 0 Å². The van der Waals surface area contributed by atoms with E-state index in [1.54, 1.807) is 0 Å². The Morgan fingerprint density at radius 3 is 1.89 bits per heavy atom. The predicted octanol–water partition coefficient (Wildman–Crippen LogP) is -1.22. The lowest BCUT2D eigenvalue weighted by Crippen LogP contribution is -2.26. The Balaban J connectivity index is 3.07. The topological polar surface area (TPSA) is 80.9 Å². The van der Waals surface area contributed by atoms with E-state index in [1.165, 1.54) is 0 Å². The monoisotopic (exact) mass is 136 g/mol. The van der Waals surface area contributed by atoms with Crippen molar-refractivity contribution in [3.63, 3.8) is 0 Å². The van der Waals surface area contributed by atoms with Crippen LogP contribution in [0.5, 0.6) is 0 Å². The summed E-state index contributed by atoms with van der Waals surface area (Å²) in [5, 5.41) is 33.0. The Morgan fingerprint density at radius 2 is 1.56 bits per heavy atom. The molecule has 0 fully saturated rings. The second-order valence-electron chi connectivity index (χ2n) is 1.96. The first kappa shape index (κ1) is 8.84. The van der Waals surface area contributed by atoms with Crippen LogP contribution in [0.25, 0.3) is 0 Å². The van der Waals surface area contributed by atoms with E-state index in [2.05, 4.69) is 0 Å². The Morgan fingerprint density at radius 1 is 1.00 bits per heavy atom. The van der Waals surface area contributed by atoms with Crippen molar-refractivity contribution in [3.05, 3.63) is 0 Å². The van der Waals surface area contributed by atoms with Crippen LogP contribution in [0.15, 0.2) is 0 Å². The quantitative estimate of drug-likeness (QED) is 0.288. The zero-order valence-electron chi connectivity index (χ0n) is 5.12. The number of aliphatic hydroxyl groups excluding tert-OH is 1. The Hall–Kier alpha value is -0.160. The minimum absolute atomic E-state index is 0.0100. The summed E-state index contributed by atoms with van der Waals surface area (Å²) in [5.74, 6) is -2.56. The molecule has 0 aromatic heterocycles. The van der Waals surface area contributed by atoms with Gasteiger partial charge in [0.25, 0.3) is 5.97 Å². The summed E-state index contributed by atoms with van der Waals surface area (Å²) in [5.41, 5.74) is 0. The number of hydrogen-bond donors (Lipinski definition) is 4. The molecule has 56 valence electrons. The van der Waals surface area contributed by atoms with Crippen molar-refractivity contribution in [2.45, 2.75) is 25.2 Å². The zero-order valence-corrected chi connectivity index (χ0v) is 5.12. The van der Waals surface area contributed by atoms with Crippen LogP contribution in [-0.4, -0.2) is 33.0 Å². The van der Waals surface area contributed by atoms with Crippen LogP contribution in [-0.2, 0) is 0 Å². The Labute approximate surface area is 53.4 Å². The van der Waals surface area contributed by atoms with Crippen molar-refractivity contribution in [2.75, 3.05) is 6.61 Å². The number of hydrogen-bond acceptors (Lipinski definition) is 4. The van der Waals surface area contributed by atoms with Crippen LogP contribution < -0.4 is 0 Å². The van der Waals surface area contributed by atoms with Crippen molar-refractivity contribution in [2.24, 2.45) is 0 Å². The summed E-state index contributed by atoms with van der Waals surface area (Å²) in [7, 11) is 0. The van der Waals surface area contributed by atoms with E-state index in [0.29, 0.717) is 12.8 Å². The van der Waals surface area contributed by atoms with Gasteiger partial charge >= 0.3 is 0 Å². The first-order valence-corrected chi connectivity index (χ1v) is 2.84. The average molecular weight is 136 g/mol. The molecule has 0 saturated carbocycles. The van der Waals surface area contributed by atoms with Gasteiger partial charge in [0.2, 0.25) is 0 Å². The molecule has 0 radical (unpaired) electrons. The van der Waals surface area contributed by atoms with E-state index in [4.69, 9.17) is 20.4 Å². The molecule has 0 amide bonds. The van der Waals surface area contributed by atoms with Gasteiger partial charge in [-0.25, -0.2) is 0 Å². The molecule has 0 aliphatic heterocycles. The molecule has 9 heavy (non-hydrogen) atoms. The highest BCUT2D eigenvalue weighted by molar-refractivity contribution is 4.47. The maximum Gasteiger partial charge on any atom is 0.275 e. The maximum atomic E-state index is 8.27. The molecular formula is C5H12O4. The summed E-state index contributed by atoms with van der Waals surface area (Å²) in [6, 6.07) is 0. The van der Waals surface area contributed by atoms with Crippen LogP contribution >= 0.6 is 0 Å². The lowest BCUT2D eigenvalue weighted by Gasteiger charge is -2.12. The normalized spacial score (nSPS) is 12.0. The van der Waals surface area contributed by atoms with E-state index < -0.39 is 5.97 Å². The van der Waals surface area contributed by atoms with Gasteiger partial charge in [-0.2, -0.15) is 0 Å². The van der Waals surface area contributed by atoms with E-state index in [9.17, 15) is 0 Å². The summed E-state index contributed by atoms with van der Waals surface area (Å²) in [6.07, 6.45) is 0.761. The van der Waals surface area contributed by atoms with Crippen molar-refractivity contribution in [1.29, 1.82) is 0 Å². The minimum atomic E-state index is -2.56. The van der Waals surface area contributed by atoms with Crippen LogP contribution in [0.3, 0.4) is 0 Å². The highest BCUT2D eigenvalue weighted by Gasteiger charge is 2.15. The third kappa shape index (κ3) is 7.84. The SMILES string of the molecule is OCCCCC(O)(O)O. The van der Waals surface area contributed by atoms with Gasteiger partial charge in [0.1, 0.15) is 0 Å². The molecule has 0 aliphatic rings. The first-order chi connectivity index (χ1) is 4.06. The number of unbranched alkanes of at least 4 members (excludes halogenated alkanes) is 1. The molecule has 0 atom stereocenters. The smallest absolute Gasteiger partial charge is 0.275 e. The highest BCUT2D eigenvalue weighted by Crippen LogP contribution is 2.05. The molecule has 0 unspecified atom stereocenters. The maximum absolute atomic E-state index is 8.27. The second-order valence-corrected chi connectivity index (χ2v) is 1.96. The fraction of sp³-hybridized carbons (Fsp3) is 1.00. The van der Waals surface area contributed by atoms with E-state index >= 15 is 0 Å². The third-order valence-electron chi connectivity index (χ3n) is 0.920. The van der Waals surface area contributed by atoms with E-state index in [1.807, 2.05) is 0 Å². The van der Waals surface area contributed by atoms with Gasteiger partial charge in [0.05, 0.1) is 0 Å². The molecule has 4 nitrogen and oxygen atoms in total. The molecule has 0 spiro atoms. The summed E-state index contributed by atoms with van der Waals surface area (Å²) in [6.45, 7) is 0.0100. The van der Waals surface area contributed by atoms with Gasteiger partial charge in [-0.15, -0.1) is 0 Å². The van der Waals surface area contributed by atoms with Gasteiger partial charge < -0.3 is 20.4 Å². The fourth-order valence-electron chi connectivity index (χ4n) is 0.474. The molecule has 0 bridgehead atoms. The van der Waals surface area contributed by atoms with Gasteiger partial charge in [0, 0.05) is 13.0 Å². The standard InChI is InChI=1S/C5H12O4/c6-4-2-1-3-5(7,8)9/h6-9H,1-4H2. The molecular weight excluding hydrogens is 124 g/mol. The molecule has 0 aromatic carbocycles. The highest BCUT2D eigenvalue weighted by atomic mass is 16.7. The molecule has 4 N–H and O–H groups in total. The van der Waals surface area contributed by atoms with Gasteiger partial charge in [-0.05, 0) is 12.8 Å². The second kappa shape index (κ2) is 3.79.